The molecule has 0 saturated carbocycles. The van der Waals surface area contributed by atoms with E-state index in [1.807, 2.05) is 50.2 Å². The first kappa shape index (κ1) is 21.5. The van der Waals surface area contributed by atoms with Crippen molar-refractivity contribution in [3.05, 3.63) is 65.5 Å². The standard InChI is InChI=1S/C23H27N3O4/c1-4-14-30-18-7-5-6-17(15-18)20-19(21(27)16-8-10-24-11-9-16)22(28)23(29)26(20)13-12-25(2)3/h5-11,15,20,27H,4,12-14H2,1-3H3/b21-19-. The molecule has 0 spiro atoms. The molecule has 2 aromatic rings. The Hall–Kier alpha value is -3.19. The fourth-order valence-electron chi connectivity index (χ4n) is 3.42. The molecule has 2 heterocycles. The van der Waals surface area contributed by atoms with E-state index >= 15 is 0 Å². The molecule has 30 heavy (non-hydrogen) atoms. The van der Waals surface area contributed by atoms with E-state index in [1.165, 1.54) is 17.3 Å². The van der Waals surface area contributed by atoms with Crippen molar-refractivity contribution in [2.45, 2.75) is 19.4 Å². The predicted molar refractivity (Wildman–Crippen MR) is 114 cm³/mol. The molecule has 1 aliphatic heterocycles. The molecule has 0 aliphatic carbocycles. The third kappa shape index (κ3) is 4.52. The smallest absolute Gasteiger partial charge is 0.295 e. The molecule has 1 fully saturated rings. The summed E-state index contributed by atoms with van der Waals surface area (Å²) in [4.78, 5) is 33.2. The lowest BCUT2D eigenvalue weighted by atomic mass is 9.95. The molecule has 1 aromatic heterocycles. The Kier molecular flexibility index (Phi) is 6.84. The molecule has 3 rings (SSSR count). The van der Waals surface area contributed by atoms with E-state index < -0.39 is 17.7 Å². The molecule has 1 N–H and O–H groups in total. The lowest BCUT2D eigenvalue weighted by molar-refractivity contribution is -0.140. The number of carbonyl (C=O) groups excluding carboxylic acids is 2. The van der Waals surface area contributed by atoms with Crippen LogP contribution >= 0.6 is 0 Å². The van der Waals surface area contributed by atoms with Crippen LogP contribution in [0.3, 0.4) is 0 Å². The molecular weight excluding hydrogens is 382 g/mol. The minimum Gasteiger partial charge on any atom is -0.507 e. The number of nitrogens with zero attached hydrogens (tertiary/aromatic N) is 3. The number of aliphatic hydroxyl groups is 1. The lowest BCUT2D eigenvalue weighted by Gasteiger charge is -2.26. The van der Waals surface area contributed by atoms with Gasteiger partial charge in [0.05, 0.1) is 18.2 Å². The van der Waals surface area contributed by atoms with Crippen molar-refractivity contribution in [1.82, 2.24) is 14.8 Å². The van der Waals surface area contributed by atoms with Crippen LogP contribution in [-0.2, 0) is 9.59 Å². The van der Waals surface area contributed by atoms with Crippen LogP contribution in [0.1, 0.15) is 30.5 Å². The van der Waals surface area contributed by atoms with Gasteiger partial charge in [0.15, 0.2) is 0 Å². The summed E-state index contributed by atoms with van der Waals surface area (Å²) in [7, 11) is 3.81. The number of hydrogen-bond donors (Lipinski definition) is 1. The minimum atomic E-state index is -0.691. The number of aliphatic hydroxyl groups excluding tert-OH is 1. The van der Waals surface area contributed by atoms with E-state index in [2.05, 4.69) is 4.98 Å². The Balaban J connectivity index is 2.10. The number of pyridine rings is 1. The Morgan fingerprint density at radius 1 is 1.20 bits per heavy atom. The first-order chi connectivity index (χ1) is 14.4. The van der Waals surface area contributed by atoms with Crippen LogP contribution in [0.4, 0.5) is 0 Å². The van der Waals surface area contributed by atoms with Gasteiger partial charge in [-0.25, -0.2) is 0 Å². The SMILES string of the molecule is CCCOc1cccc(C2/C(=C(/O)c3ccncc3)C(=O)C(=O)N2CCN(C)C)c1. The molecule has 1 atom stereocenters. The highest BCUT2D eigenvalue weighted by atomic mass is 16.5. The average Bonchev–Trinajstić information content (AvgIpc) is 3.01. The number of rotatable bonds is 8. The first-order valence-electron chi connectivity index (χ1n) is 10.00. The highest BCUT2D eigenvalue weighted by Gasteiger charge is 2.46. The van der Waals surface area contributed by atoms with Gasteiger partial charge in [-0.2, -0.15) is 0 Å². The number of ether oxygens (including phenoxy) is 1. The predicted octanol–water partition coefficient (Wildman–Crippen LogP) is 2.85. The third-order valence-electron chi connectivity index (χ3n) is 4.93. The minimum absolute atomic E-state index is 0.0811. The fourth-order valence-corrected chi connectivity index (χ4v) is 3.42. The molecule has 7 heteroatoms. The third-order valence-corrected chi connectivity index (χ3v) is 4.93. The summed E-state index contributed by atoms with van der Waals surface area (Å²) in [6.45, 7) is 3.54. The molecule has 1 amide bonds. The van der Waals surface area contributed by atoms with Crippen LogP contribution in [0.25, 0.3) is 5.76 Å². The molecular formula is C23H27N3O4. The van der Waals surface area contributed by atoms with Gasteiger partial charge < -0.3 is 19.6 Å². The van der Waals surface area contributed by atoms with Crippen molar-refractivity contribution < 1.29 is 19.4 Å². The van der Waals surface area contributed by atoms with Gasteiger partial charge in [-0.05, 0) is 50.3 Å². The van der Waals surface area contributed by atoms with Gasteiger partial charge in [0, 0.05) is 31.0 Å². The summed E-state index contributed by atoms with van der Waals surface area (Å²) >= 11 is 0. The van der Waals surface area contributed by atoms with Crippen LogP contribution in [0, 0.1) is 0 Å². The van der Waals surface area contributed by atoms with E-state index in [0.29, 0.717) is 31.0 Å². The highest BCUT2D eigenvalue weighted by Crippen LogP contribution is 2.40. The molecule has 1 aliphatic rings. The van der Waals surface area contributed by atoms with Crippen LogP contribution in [-0.4, -0.2) is 65.4 Å². The highest BCUT2D eigenvalue weighted by molar-refractivity contribution is 6.46. The van der Waals surface area contributed by atoms with E-state index in [1.54, 1.807) is 12.1 Å². The molecule has 7 nitrogen and oxygen atoms in total. The van der Waals surface area contributed by atoms with Gasteiger partial charge in [0.2, 0.25) is 0 Å². The zero-order valence-corrected chi connectivity index (χ0v) is 17.5. The van der Waals surface area contributed by atoms with Crippen molar-refractivity contribution in [2.24, 2.45) is 0 Å². The number of hydrogen-bond acceptors (Lipinski definition) is 6. The van der Waals surface area contributed by atoms with Crippen molar-refractivity contribution >= 4 is 17.4 Å². The van der Waals surface area contributed by atoms with Gasteiger partial charge in [0.1, 0.15) is 11.5 Å². The summed E-state index contributed by atoms with van der Waals surface area (Å²) in [5.41, 5.74) is 1.24. The number of benzene rings is 1. The van der Waals surface area contributed by atoms with Crippen LogP contribution in [0.5, 0.6) is 5.75 Å². The van der Waals surface area contributed by atoms with Crippen LogP contribution < -0.4 is 4.74 Å². The largest absolute Gasteiger partial charge is 0.507 e. The van der Waals surface area contributed by atoms with Gasteiger partial charge in [-0.1, -0.05) is 19.1 Å². The number of aromatic nitrogens is 1. The maximum atomic E-state index is 12.9. The van der Waals surface area contributed by atoms with E-state index in [9.17, 15) is 14.7 Å². The van der Waals surface area contributed by atoms with Crippen molar-refractivity contribution in [2.75, 3.05) is 33.8 Å². The van der Waals surface area contributed by atoms with Gasteiger partial charge >= 0.3 is 0 Å². The van der Waals surface area contributed by atoms with Crippen LogP contribution in [0.15, 0.2) is 54.4 Å². The zero-order chi connectivity index (χ0) is 21.7. The summed E-state index contributed by atoms with van der Waals surface area (Å²) in [5.74, 6) is -0.838. The Labute approximate surface area is 176 Å². The second-order valence-electron chi connectivity index (χ2n) is 7.45. The Morgan fingerprint density at radius 2 is 1.93 bits per heavy atom. The quantitative estimate of drug-likeness (QED) is 0.410. The number of carbonyl (C=O) groups is 2. The first-order valence-corrected chi connectivity index (χ1v) is 10.00. The number of amides is 1. The van der Waals surface area contributed by atoms with Gasteiger partial charge in [-0.3, -0.25) is 14.6 Å². The van der Waals surface area contributed by atoms with E-state index in [0.717, 1.165) is 12.0 Å². The van der Waals surface area contributed by atoms with Gasteiger partial charge in [-0.15, -0.1) is 0 Å². The molecule has 0 bridgehead atoms. The van der Waals surface area contributed by atoms with Crippen molar-refractivity contribution in [1.29, 1.82) is 0 Å². The second kappa shape index (κ2) is 9.54. The Bertz CT molecular complexity index is 940. The average molecular weight is 409 g/mol. The normalized spacial score (nSPS) is 18.3. The Morgan fingerprint density at radius 3 is 2.60 bits per heavy atom. The molecule has 1 aromatic carbocycles. The maximum Gasteiger partial charge on any atom is 0.295 e. The zero-order valence-electron chi connectivity index (χ0n) is 17.5. The monoisotopic (exact) mass is 409 g/mol. The maximum absolute atomic E-state index is 12.9. The molecule has 0 radical (unpaired) electrons. The number of likely N-dealkylation sites (N-methyl/N-ethyl adjacent to an activating group) is 1. The van der Waals surface area contributed by atoms with Crippen molar-refractivity contribution in [3.63, 3.8) is 0 Å². The van der Waals surface area contributed by atoms with Gasteiger partial charge in [0.25, 0.3) is 11.7 Å². The fraction of sp³-hybridized carbons (Fsp3) is 0.348. The summed E-state index contributed by atoms with van der Waals surface area (Å²) in [6.07, 6.45) is 3.93. The molecule has 1 saturated heterocycles. The second-order valence-corrected chi connectivity index (χ2v) is 7.45. The van der Waals surface area contributed by atoms with E-state index in [4.69, 9.17) is 4.74 Å². The number of likely N-dealkylation sites (tertiary alicyclic amines) is 1. The van der Waals surface area contributed by atoms with E-state index in [-0.39, 0.29) is 11.3 Å². The van der Waals surface area contributed by atoms with Crippen molar-refractivity contribution in [3.8, 4) is 5.75 Å². The molecule has 158 valence electrons. The topological polar surface area (TPSA) is 83.0 Å². The lowest BCUT2D eigenvalue weighted by Crippen LogP contribution is -2.35. The summed E-state index contributed by atoms with van der Waals surface area (Å²) < 4.78 is 5.74. The summed E-state index contributed by atoms with van der Waals surface area (Å²) in [6, 6.07) is 9.88. The summed E-state index contributed by atoms with van der Waals surface area (Å²) in [5, 5.41) is 11.0. The number of Topliss-reactive ketones (excluding diaryl/α,β-unsaturated/α-hetero) is 1. The molecule has 1 unspecified atom stereocenters. The van der Waals surface area contributed by atoms with Crippen LogP contribution in [0.2, 0.25) is 0 Å². The number of ketones is 1.